The molecule has 3 nitrogen and oxygen atoms in total. The smallest absolute Gasteiger partial charge is 0.123 e. The minimum atomic E-state index is 0.170. The second-order valence-corrected chi connectivity index (χ2v) is 4.99. The summed E-state index contributed by atoms with van der Waals surface area (Å²) in [4.78, 5) is 0. The van der Waals surface area contributed by atoms with E-state index in [1.165, 1.54) is 0 Å². The SMILES string of the molecule is COc1ccc(Br)cc1CN[C@@H](C)c1ccco1. The molecule has 1 N–H and O–H groups in total. The second-order valence-electron chi connectivity index (χ2n) is 4.07. The largest absolute Gasteiger partial charge is 0.496 e. The highest BCUT2D eigenvalue weighted by atomic mass is 79.9. The van der Waals surface area contributed by atoms with Gasteiger partial charge in [-0.25, -0.2) is 0 Å². The van der Waals surface area contributed by atoms with Crippen LogP contribution >= 0.6 is 15.9 Å². The summed E-state index contributed by atoms with van der Waals surface area (Å²) in [7, 11) is 1.68. The first-order chi connectivity index (χ1) is 8.70. The number of halogens is 1. The minimum Gasteiger partial charge on any atom is -0.496 e. The van der Waals surface area contributed by atoms with Crippen LogP contribution in [0.1, 0.15) is 24.3 Å². The zero-order valence-electron chi connectivity index (χ0n) is 10.4. The summed E-state index contributed by atoms with van der Waals surface area (Å²) < 4.78 is 11.7. The molecule has 0 unspecified atom stereocenters. The van der Waals surface area contributed by atoms with Crippen LogP contribution in [-0.4, -0.2) is 7.11 Å². The molecule has 0 aliphatic heterocycles. The van der Waals surface area contributed by atoms with Crippen molar-refractivity contribution in [1.82, 2.24) is 5.32 Å². The molecule has 0 saturated carbocycles. The predicted octanol–water partition coefficient (Wildman–Crippen LogP) is 3.90. The average Bonchev–Trinajstić information content (AvgIpc) is 2.90. The standard InChI is InChI=1S/C14H16BrNO2/c1-10(13-4-3-7-18-13)16-9-11-8-12(15)5-6-14(11)17-2/h3-8,10,16H,9H2,1-2H3/t10-/m0/s1. The Morgan fingerprint density at radius 2 is 2.22 bits per heavy atom. The zero-order chi connectivity index (χ0) is 13.0. The number of rotatable bonds is 5. The van der Waals surface area contributed by atoms with Crippen molar-refractivity contribution in [3.8, 4) is 5.75 Å². The number of furan rings is 1. The molecule has 0 amide bonds. The van der Waals surface area contributed by atoms with Crippen molar-refractivity contribution in [3.05, 3.63) is 52.4 Å². The second kappa shape index (κ2) is 6.07. The molecule has 1 atom stereocenters. The molecular weight excluding hydrogens is 294 g/mol. The van der Waals surface area contributed by atoms with Crippen LogP contribution in [0.2, 0.25) is 0 Å². The highest BCUT2D eigenvalue weighted by Gasteiger charge is 2.09. The van der Waals surface area contributed by atoms with Crippen LogP contribution < -0.4 is 10.1 Å². The van der Waals surface area contributed by atoms with E-state index in [0.29, 0.717) is 0 Å². The molecule has 2 rings (SSSR count). The fourth-order valence-electron chi connectivity index (χ4n) is 1.79. The third-order valence-corrected chi connectivity index (χ3v) is 3.30. The molecule has 18 heavy (non-hydrogen) atoms. The normalized spacial score (nSPS) is 12.4. The summed E-state index contributed by atoms with van der Waals surface area (Å²) in [5, 5.41) is 3.41. The Bertz CT molecular complexity index is 497. The third kappa shape index (κ3) is 3.15. The Hall–Kier alpha value is -1.26. The van der Waals surface area contributed by atoms with Gasteiger partial charge in [0.1, 0.15) is 11.5 Å². The Morgan fingerprint density at radius 3 is 2.89 bits per heavy atom. The van der Waals surface area contributed by atoms with Gasteiger partial charge in [-0.05, 0) is 37.3 Å². The number of hydrogen-bond acceptors (Lipinski definition) is 3. The molecule has 0 radical (unpaired) electrons. The lowest BCUT2D eigenvalue weighted by Gasteiger charge is -2.14. The summed E-state index contributed by atoms with van der Waals surface area (Å²) in [6.07, 6.45) is 1.69. The lowest BCUT2D eigenvalue weighted by molar-refractivity contribution is 0.399. The molecule has 96 valence electrons. The van der Waals surface area contributed by atoms with Crippen molar-refractivity contribution in [3.63, 3.8) is 0 Å². The maximum atomic E-state index is 5.36. The van der Waals surface area contributed by atoms with E-state index in [0.717, 1.165) is 28.1 Å². The van der Waals surface area contributed by atoms with E-state index in [1.54, 1.807) is 13.4 Å². The van der Waals surface area contributed by atoms with E-state index >= 15 is 0 Å². The monoisotopic (exact) mass is 309 g/mol. The molecule has 0 fully saturated rings. The quantitative estimate of drug-likeness (QED) is 0.909. The van der Waals surface area contributed by atoms with E-state index < -0.39 is 0 Å². The molecular formula is C14H16BrNO2. The van der Waals surface area contributed by atoms with Gasteiger partial charge in [0.2, 0.25) is 0 Å². The van der Waals surface area contributed by atoms with Gasteiger partial charge >= 0.3 is 0 Å². The topological polar surface area (TPSA) is 34.4 Å². The fourth-order valence-corrected chi connectivity index (χ4v) is 2.20. The summed E-state index contributed by atoms with van der Waals surface area (Å²) in [5.41, 5.74) is 1.12. The van der Waals surface area contributed by atoms with Crippen LogP contribution in [0.25, 0.3) is 0 Å². The Labute approximate surface area is 115 Å². The fraction of sp³-hybridized carbons (Fsp3) is 0.286. The molecule has 0 saturated heterocycles. The van der Waals surface area contributed by atoms with Crippen molar-refractivity contribution in [2.45, 2.75) is 19.5 Å². The minimum absolute atomic E-state index is 0.170. The number of ether oxygens (including phenoxy) is 1. The van der Waals surface area contributed by atoms with Crippen molar-refractivity contribution in [2.24, 2.45) is 0 Å². The van der Waals surface area contributed by atoms with Crippen molar-refractivity contribution in [1.29, 1.82) is 0 Å². The van der Waals surface area contributed by atoms with Crippen LogP contribution in [0.4, 0.5) is 0 Å². The Balaban J connectivity index is 2.03. The molecule has 1 heterocycles. The lowest BCUT2D eigenvalue weighted by Crippen LogP contribution is -2.18. The molecule has 0 bridgehead atoms. The zero-order valence-corrected chi connectivity index (χ0v) is 12.0. The molecule has 0 aliphatic carbocycles. The van der Waals surface area contributed by atoms with E-state index in [-0.39, 0.29) is 6.04 Å². The number of nitrogens with one attached hydrogen (secondary N) is 1. The molecule has 0 aliphatic rings. The van der Waals surface area contributed by atoms with E-state index in [9.17, 15) is 0 Å². The van der Waals surface area contributed by atoms with Crippen LogP contribution in [0.5, 0.6) is 5.75 Å². The molecule has 2 aromatic rings. The van der Waals surface area contributed by atoms with E-state index in [2.05, 4.69) is 34.2 Å². The number of hydrogen-bond donors (Lipinski definition) is 1. The first-order valence-electron chi connectivity index (χ1n) is 5.80. The van der Waals surface area contributed by atoms with Crippen molar-refractivity contribution < 1.29 is 9.15 Å². The van der Waals surface area contributed by atoms with Gasteiger partial charge < -0.3 is 14.5 Å². The number of methoxy groups -OCH3 is 1. The van der Waals surface area contributed by atoms with Crippen LogP contribution in [0.15, 0.2) is 45.5 Å². The van der Waals surface area contributed by atoms with Crippen molar-refractivity contribution in [2.75, 3.05) is 7.11 Å². The van der Waals surface area contributed by atoms with E-state index in [4.69, 9.17) is 9.15 Å². The van der Waals surface area contributed by atoms with Crippen LogP contribution in [0.3, 0.4) is 0 Å². The first kappa shape index (κ1) is 13.2. The van der Waals surface area contributed by atoms with Gasteiger partial charge in [0.15, 0.2) is 0 Å². The van der Waals surface area contributed by atoms with Gasteiger partial charge in [0.05, 0.1) is 19.4 Å². The summed E-state index contributed by atoms with van der Waals surface area (Å²) in [6.45, 7) is 2.80. The van der Waals surface area contributed by atoms with Gasteiger partial charge in [0.25, 0.3) is 0 Å². The third-order valence-electron chi connectivity index (χ3n) is 2.81. The maximum Gasteiger partial charge on any atom is 0.123 e. The lowest BCUT2D eigenvalue weighted by atomic mass is 10.2. The number of benzene rings is 1. The van der Waals surface area contributed by atoms with Gasteiger partial charge in [-0.2, -0.15) is 0 Å². The van der Waals surface area contributed by atoms with Crippen LogP contribution in [0, 0.1) is 0 Å². The molecule has 1 aromatic carbocycles. The van der Waals surface area contributed by atoms with Gasteiger partial charge in [-0.15, -0.1) is 0 Å². The summed E-state index contributed by atoms with van der Waals surface area (Å²) in [6, 6.07) is 10.0. The van der Waals surface area contributed by atoms with Gasteiger partial charge in [-0.1, -0.05) is 15.9 Å². The average molecular weight is 310 g/mol. The van der Waals surface area contributed by atoms with Gasteiger partial charge in [0, 0.05) is 16.6 Å². The van der Waals surface area contributed by atoms with Crippen LogP contribution in [-0.2, 0) is 6.54 Å². The maximum absolute atomic E-state index is 5.36. The highest BCUT2D eigenvalue weighted by molar-refractivity contribution is 9.10. The van der Waals surface area contributed by atoms with Gasteiger partial charge in [-0.3, -0.25) is 0 Å². The van der Waals surface area contributed by atoms with Crippen molar-refractivity contribution >= 4 is 15.9 Å². The molecule has 4 heteroatoms. The first-order valence-corrected chi connectivity index (χ1v) is 6.59. The molecule has 1 aromatic heterocycles. The Morgan fingerprint density at radius 1 is 1.39 bits per heavy atom. The summed E-state index contributed by atoms with van der Waals surface area (Å²) >= 11 is 3.47. The predicted molar refractivity (Wildman–Crippen MR) is 74.7 cm³/mol. The highest BCUT2D eigenvalue weighted by Crippen LogP contribution is 2.23. The Kier molecular flexibility index (Phi) is 4.44. The summed E-state index contributed by atoms with van der Waals surface area (Å²) in [5.74, 6) is 1.82. The molecule has 0 spiro atoms. The van der Waals surface area contributed by atoms with E-state index in [1.807, 2.05) is 24.3 Å².